The van der Waals surface area contributed by atoms with Crippen LogP contribution in [0, 0.1) is 11.7 Å². The Morgan fingerprint density at radius 1 is 1.36 bits per heavy atom. The second-order valence-electron chi connectivity index (χ2n) is 3.24. The lowest BCUT2D eigenvalue weighted by molar-refractivity contribution is 0.0939. The van der Waals surface area contributed by atoms with Gasteiger partial charge in [-0.25, -0.2) is 4.39 Å². The average Bonchev–Trinajstić information content (AvgIpc) is 2.13. The lowest BCUT2D eigenvalue weighted by Crippen LogP contribution is -2.08. The van der Waals surface area contributed by atoms with Gasteiger partial charge in [0.25, 0.3) is 0 Å². The van der Waals surface area contributed by atoms with Crippen molar-refractivity contribution in [3.05, 3.63) is 33.6 Å². The predicted molar refractivity (Wildman–Crippen MR) is 55.6 cm³/mol. The molecule has 4 heteroatoms. The van der Waals surface area contributed by atoms with E-state index < -0.39 is 5.82 Å². The second-order valence-corrected chi connectivity index (χ2v) is 4.03. The fraction of sp³-hybridized carbons (Fsp3) is 0.300. The van der Waals surface area contributed by atoms with Crippen molar-refractivity contribution < 1.29 is 9.18 Å². The maximum atomic E-state index is 13.2. The summed E-state index contributed by atoms with van der Waals surface area (Å²) in [5.74, 6) is -1.14. The molecule has 1 rings (SSSR count). The van der Waals surface area contributed by atoms with Crippen LogP contribution in [0.3, 0.4) is 0 Å². The zero-order valence-corrected chi connectivity index (χ0v) is 9.29. The third kappa shape index (κ3) is 2.07. The number of hydrogen-bond acceptors (Lipinski definition) is 1. The molecule has 0 aliphatic rings. The third-order valence-corrected chi connectivity index (χ3v) is 2.49. The van der Waals surface area contributed by atoms with Crippen molar-refractivity contribution in [3.63, 3.8) is 0 Å². The number of hydrogen-bond donors (Lipinski definition) is 0. The van der Waals surface area contributed by atoms with Gasteiger partial charge in [0.05, 0.1) is 10.0 Å². The van der Waals surface area contributed by atoms with Crippen molar-refractivity contribution >= 4 is 29.0 Å². The van der Waals surface area contributed by atoms with Crippen LogP contribution < -0.4 is 0 Å². The molecule has 0 atom stereocenters. The van der Waals surface area contributed by atoms with Gasteiger partial charge in [0.2, 0.25) is 0 Å². The zero-order valence-electron chi connectivity index (χ0n) is 7.77. The number of ketones is 1. The number of carbonyl (C=O) groups excluding carboxylic acids is 1. The lowest BCUT2D eigenvalue weighted by Gasteiger charge is -2.07. The van der Waals surface area contributed by atoms with Crippen LogP contribution in [0.15, 0.2) is 12.1 Å². The molecule has 0 aliphatic carbocycles. The van der Waals surface area contributed by atoms with Crippen LogP contribution in [0.2, 0.25) is 10.0 Å². The molecular formula is C10H9Cl2FO. The van der Waals surface area contributed by atoms with Gasteiger partial charge in [-0.1, -0.05) is 37.0 Å². The minimum absolute atomic E-state index is 0.0738. The number of halogens is 3. The monoisotopic (exact) mass is 234 g/mol. The first-order valence-electron chi connectivity index (χ1n) is 4.13. The fourth-order valence-electron chi connectivity index (χ4n) is 1.03. The number of benzene rings is 1. The molecule has 0 saturated heterocycles. The Balaban J connectivity index is 3.24. The Kier molecular flexibility index (Phi) is 3.51. The van der Waals surface area contributed by atoms with Gasteiger partial charge in [0.15, 0.2) is 11.6 Å². The maximum absolute atomic E-state index is 13.2. The fourth-order valence-corrected chi connectivity index (χ4v) is 1.49. The van der Waals surface area contributed by atoms with E-state index in [4.69, 9.17) is 23.2 Å². The molecular weight excluding hydrogens is 226 g/mol. The Morgan fingerprint density at radius 2 is 1.93 bits per heavy atom. The normalized spacial score (nSPS) is 10.7. The summed E-state index contributed by atoms with van der Waals surface area (Å²) in [6, 6.07) is 2.77. The first kappa shape index (κ1) is 11.5. The summed E-state index contributed by atoms with van der Waals surface area (Å²) in [4.78, 5) is 11.5. The first-order valence-corrected chi connectivity index (χ1v) is 4.88. The summed E-state index contributed by atoms with van der Waals surface area (Å²) in [7, 11) is 0. The molecule has 0 aliphatic heterocycles. The largest absolute Gasteiger partial charge is 0.294 e. The lowest BCUT2D eigenvalue weighted by atomic mass is 10.0. The molecule has 0 bridgehead atoms. The minimum atomic E-state index is -0.736. The van der Waals surface area contributed by atoms with Gasteiger partial charge in [-0.3, -0.25) is 4.79 Å². The summed E-state index contributed by atoms with van der Waals surface area (Å²) < 4.78 is 13.2. The molecule has 0 unspecified atom stereocenters. The van der Waals surface area contributed by atoms with Crippen molar-refractivity contribution in [1.82, 2.24) is 0 Å². The van der Waals surface area contributed by atoms with E-state index in [1.54, 1.807) is 13.8 Å². The Bertz CT molecular complexity index is 375. The van der Waals surface area contributed by atoms with Crippen LogP contribution in [0.1, 0.15) is 24.2 Å². The van der Waals surface area contributed by atoms with E-state index in [1.807, 2.05) is 0 Å². The molecule has 0 amide bonds. The molecule has 0 aromatic heterocycles. The molecule has 1 nitrogen and oxygen atoms in total. The molecule has 0 saturated carbocycles. The third-order valence-electron chi connectivity index (χ3n) is 1.83. The van der Waals surface area contributed by atoms with Crippen LogP contribution in [0.5, 0.6) is 0 Å². The smallest absolute Gasteiger partial charge is 0.166 e. The Morgan fingerprint density at radius 3 is 2.43 bits per heavy atom. The quantitative estimate of drug-likeness (QED) is 0.559. The second kappa shape index (κ2) is 4.28. The van der Waals surface area contributed by atoms with E-state index in [2.05, 4.69) is 0 Å². The summed E-state index contributed by atoms with van der Waals surface area (Å²) in [6.07, 6.45) is 0. The van der Waals surface area contributed by atoms with Gasteiger partial charge in [0, 0.05) is 11.5 Å². The van der Waals surface area contributed by atoms with Crippen molar-refractivity contribution in [2.75, 3.05) is 0 Å². The number of rotatable bonds is 2. The van der Waals surface area contributed by atoms with E-state index in [0.717, 1.165) is 0 Å². The summed E-state index contributed by atoms with van der Waals surface area (Å²) in [5, 5.41) is -0.272. The van der Waals surface area contributed by atoms with Crippen molar-refractivity contribution in [2.24, 2.45) is 5.92 Å². The van der Waals surface area contributed by atoms with E-state index in [9.17, 15) is 9.18 Å². The Hall–Kier alpha value is -0.600. The first-order chi connectivity index (χ1) is 6.45. The van der Waals surface area contributed by atoms with Gasteiger partial charge in [-0.2, -0.15) is 0 Å². The standard InChI is InChI=1S/C10H9Cl2FO/c1-5(2)10(14)6-3-4-7(11)9(13)8(6)12/h3-5H,1-2H3. The van der Waals surface area contributed by atoms with Gasteiger partial charge < -0.3 is 0 Å². The molecule has 0 radical (unpaired) electrons. The van der Waals surface area contributed by atoms with Crippen LogP contribution in [0.25, 0.3) is 0 Å². The molecule has 1 aromatic rings. The van der Waals surface area contributed by atoms with Crippen LogP contribution in [-0.2, 0) is 0 Å². The van der Waals surface area contributed by atoms with E-state index in [-0.39, 0.29) is 27.3 Å². The highest BCUT2D eigenvalue weighted by Gasteiger charge is 2.18. The summed E-state index contributed by atoms with van der Waals surface area (Å²) in [6.45, 7) is 3.45. The van der Waals surface area contributed by atoms with Gasteiger partial charge >= 0.3 is 0 Å². The summed E-state index contributed by atoms with van der Waals surface area (Å²) in [5.41, 5.74) is 0.184. The van der Waals surface area contributed by atoms with Gasteiger partial charge in [-0.05, 0) is 12.1 Å². The van der Waals surface area contributed by atoms with Crippen molar-refractivity contribution in [1.29, 1.82) is 0 Å². The molecule has 76 valence electrons. The summed E-state index contributed by atoms with van der Waals surface area (Å²) >= 11 is 11.2. The SMILES string of the molecule is CC(C)C(=O)c1ccc(Cl)c(F)c1Cl. The molecule has 0 spiro atoms. The molecule has 0 fully saturated rings. The predicted octanol–water partition coefficient (Wildman–Crippen LogP) is 3.97. The highest BCUT2D eigenvalue weighted by molar-refractivity contribution is 6.37. The number of carbonyl (C=O) groups is 1. The van der Waals surface area contributed by atoms with Crippen molar-refractivity contribution in [3.8, 4) is 0 Å². The molecule has 1 aromatic carbocycles. The van der Waals surface area contributed by atoms with Crippen molar-refractivity contribution in [2.45, 2.75) is 13.8 Å². The zero-order chi connectivity index (χ0) is 10.9. The van der Waals surface area contributed by atoms with Crippen LogP contribution in [-0.4, -0.2) is 5.78 Å². The Labute approximate surface area is 91.8 Å². The maximum Gasteiger partial charge on any atom is 0.166 e. The van der Waals surface area contributed by atoms with E-state index in [0.29, 0.717) is 0 Å². The highest BCUT2D eigenvalue weighted by Crippen LogP contribution is 2.27. The van der Waals surface area contributed by atoms with Crippen LogP contribution in [0.4, 0.5) is 4.39 Å². The molecule has 0 N–H and O–H groups in total. The average molecular weight is 235 g/mol. The van der Waals surface area contributed by atoms with Gasteiger partial charge in [-0.15, -0.1) is 0 Å². The van der Waals surface area contributed by atoms with E-state index >= 15 is 0 Å². The molecule has 0 heterocycles. The van der Waals surface area contributed by atoms with E-state index in [1.165, 1.54) is 12.1 Å². The van der Waals surface area contributed by atoms with Crippen LogP contribution >= 0.6 is 23.2 Å². The molecule has 14 heavy (non-hydrogen) atoms. The van der Waals surface area contributed by atoms with Gasteiger partial charge in [0.1, 0.15) is 0 Å². The number of Topliss-reactive ketones (excluding diaryl/α,β-unsaturated/α-hetero) is 1. The highest BCUT2D eigenvalue weighted by atomic mass is 35.5. The topological polar surface area (TPSA) is 17.1 Å². The minimum Gasteiger partial charge on any atom is -0.294 e.